The predicted molar refractivity (Wildman–Crippen MR) is 104 cm³/mol. The molecule has 3 aromatic rings. The monoisotopic (exact) mass is 406 g/mol. The van der Waals surface area contributed by atoms with Gasteiger partial charge in [-0.3, -0.25) is 0 Å². The number of benzene rings is 2. The number of imidazole rings is 1. The number of aliphatic hydroxyl groups excluding tert-OH is 1. The first-order chi connectivity index (χ1) is 13.8. The minimum Gasteiger partial charge on any atom is -0.493 e. The van der Waals surface area contributed by atoms with Crippen molar-refractivity contribution < 1.29 is 27.8 Å². The molecule has 3 rings (SSSR count). The summed E-state index contributed by atoms with van der Waals surface area (Å²) < 4.78 is 52.0. The summed E-state index contributed by atoms with van der Waals surface area (Å²) in [5.74, 6) is -0.186. The Morgan fingerprint density at radius 3 is 2.62 bits per heavy atom. The Hall–Kier alpha value is -3.00. The van der Waals surface area contributed by atoms with Crippen molar-refractivity contribution >= 4 is 17.1 Å². The van der Waals surface area contributed by atoms with E-state index in [1.807, 2.05) is 25.1 Å². The fourth-order valence-electron chi connectivity index (χ4n) is 3.03. The maximum absolute atomic E-state index is 13.4. The van der Waals surface area contributed by atoms with Gasteiger partial charge < -0.3 is 19.1 Å². The summed E-state index contributed by atoms with van der Waals surface area (Å²) in [5.41, 5.74) is 1.43. The van der Waals surface area contributed by atoms with Gasteiger partial charge in [0, 0.05) is 0 Å². The van der Waals surface area contributed by atoms with Crippen molar-refractivity contribution in [2.24, 2.45) is 0 Å². The highest BCUT2D eigenvalue weighted by molar-refractivity contribution is 5.76. The van der Waals surface area contributed by atoms with Crippen LogP contribution in [0.25, 0.3) is 17.1 Å². The molecule has 1 unspecified atom stereocenters. The van der Waals surface area contributed by atoms with E-state index in [-0.39, 0.29) is 18.7 Å². The van der Waals surface area contributed by atoms with Crippen LogP contribution in [-0.2, 0) is 12.7 Å². The Balaban J connectivity index is 1.77. The molecule has 0 saturated heterocycles. The van der Waals surface area contributed by atoms with Crippen molar-refractivity contribution in [3.8, 4) is 11.5 Å². The fraction of sp³-hybridized carbons (Fsp3) is 0.286. The topological polar surface area (TPSA) is 56.5 Å². The second-order valence-electron chi connectivity index (χ2n) is 6.41. The molecule has 0 aliphatic carbocycles. The molecule has 0 aliphatic rings. The SMILES string of the molecule is C/C=C/c1ccc(OCC(O)Cn2c(C(F)(F)F)nc3ccccc32)c(OC)c1. The average Bonchev–Trinajstić information content (AvgIpc) is 3.06. The number of methoxy groups -OCH3 is 1. The van der Waals surface area contributed by atoms with Crippen LogP contribution in [0.2, 0.25) is 0 Å². The van der Waals surface area contributed by atoms with Crippen molar-refractivity contribution in [1.29, 1.82) is 0 Å². The lowest BCUT2D eigenvalue weighted by Crippen LogP contribution is -2.26. The van der Waals surface area contributed by atoms with Crippen LogP contribution < -0.4 is 9.47 Å². The molecule has 0 bridgehead atoms. The number of nitrogens with zero attached hydrogens (tertiary/aromatic N) is 2. The zero-order chi connectivity index (χ0) is 21.0. The van der Waals surface area contributed by atoms with Crippen LogP contribution in [0, 0.1) is 0 Å². The van der Waals surface area contributed by atoms with Crippen LogP contribution in [0.3, 0.4) is 0 Å². The van der Waals surface area contributed by atoms with E-state index >= 15 is 0 Å². The first kappa shape index (κ1) is 20.7. The van der Waals surface area contributed by atoms with Gasteiger partial charge in [-0.1, -0.05) is 30.4 Å². The third-order valence-corrected chi connectivity index (χ3v) is 4.28. The minimum atomic E-state index is -4.63. The average molecular weight is 406 g/mol. The van der Waals surface area contributed by atoms with Gasteiger partial charge in [0.05, 0.1) is 24.7 Å². The van der Waals surface area contributed by atoms with Crippen molar-refractivity contribution in [3.63, 3.8) is 0 Å². The Labute approximate surface area is 166 Å². The lowest BCUT2D eigenvalue weighted by molar-refractivity contribution is -0.147. The summed E-state index contributed by atoms with van der Waals surface area (Å²) in [6.07, 6.45) is -2.05. The third-order valence-electron chi connectivity index (χ3n) is 4.28. The normalized spacial score (nSPS) is 13.2. The molecule has 1 atom stereocenters. The number of fused-ring (bicyclic) bond motifs is 1. The number of halogens is 3. The molecule has 0 spiro atoms. The number of ether oxygens (including phenoxy) is 2. The van der Waals surface area contributed by atoms with Gasteiger partial charge in [-0.25, -0.2) is 4.98 Å². The Morgan fingerprint density at radius 2 is 1.93 bits per heavy atom. The van der Waals surface area contributed by atoms with Crippen molar-refractivity contribution in [2.75, 3.05) is 13.7 Å². The molecule has 8 heteroatoms. The standard InChI is InChI=1S/C21H21F3N2O3/c1-3-6-14-9-10-18(19(11-14)28-2)29-13-15(27)12-26-17-8-5-4-7-16(17)25-20(26)21(22,23)24/h3-11,15,27H,12-13H2,1-2H3/b6-3+. The van der Waals surface area contributed by atoms with Gasteiger partial charge in [0.25, 0.3) is 0 Å². The number of para-hydroxylation sites is 2. The lowest BCUT2D eigenvalue weighted by Gasteiger charge is -2.17. The summed E-state index contributed by atoms with van der Waals surface area (Å²) in [7, 11) is 1.49. The molecule has 5 nitrogen and oxygen atoms in total. The molecule has 2 aromatic carbocycles. The molecule has 0 fully saturated rings. The molecule has 0 radical (unpaired) electrons. The predicted octanol–water partition coefficient (Wildman–Crippen LogP) is 4.54. The number of hydrogen-bond donors (Lipinski definition) is 1. The summed E-state index contributed by atoms with van der Waals surface area (Å²) in [5, 5.41) is 10.3. The number of alkyl halides is 3. The number of hydrogen-bond acceptors (Lipinski definition) is 4. The van der Waals surface area contributed by atoms with Gasteiger partial charge >= 0.3 is 6.18 Å². The van der Waals surface area contributed by atoms with E-state index in [1.54, 1.807) is 24.3 Å². The van der Waals surface area contributed by atoms with E-state index in [0.29, 0.717) is 17.0 Å². The van der Waals surface area contributed by atoms with Crippen LogP contribution in [0.1, 0.15) is 18.3 Å². The van der Waals surface area contributed by atoms with Crippen molar-refractivity contribution in [3.05, 3.63) is 59.9 Å². The molecule has 1 heterocycles. The maximum Gasteiger partial charge on any atom is 0.449 e. The lowest BCUT2D eigenvalue weighted by atomic mass is 10.2. The van der Waals surface area contributed by atoms with Gasteiger partial charge in [-0.05, 0) is 36.8 Å². The van der Waals surface area contributed by atoms with Crippen LogP contribution in [0.5, 0.6) is 11.5 Å². The summed E-state index contributed by atoms with van der Waals surface area (Å²) in [4.78, 5) is 3.67. The third kappa shape index (κ3) is 4.71. The smallest absolute Gasteiger partial charge is 0.449 e. The quantitative estimate of drug-likeness (QED) is 0.626. The molecule has 0 aliphatic heterocycles. The molecule has 29 heavy (non-hydrogen) atoms. The molecular weight excluding hydrogens is 385 g/mol. The van der Waals surface area contributed by atoms with Crippen molar-refractivity contribution in [1.82, 2.24) is 9.55 Å². The van der Waals surface area contributed by atoms with E-state index < -0.39 is 18.1 Å². The van der Waals surface area contributed by atoms with Crippen LogP contribution in [0.4, 0.5) is 13.2 Å². The zero-order valence-corrected chi connectivity index (χ0v) is 16.0. The van der Waals surface area contributed by atoms with Gasteiger partial charge in [0.1, 0.15) is 12.7 Å². The Morgan fingerprint density at radius 1 is 1.17 bits per heavy atom. The number of aromatic nitrogens is 2. The van der Waals surface area contributed by atoms with Gasteiger partial charge in [0.15, 0.2) is 11.5 Å². The highest BCUT2D eigenvalue weighted by atomic mass is 19.4. The number of aliphatic hydroxyl groups is 1. The maximum atomic E-state index is 13.4. The molecule has 1 N–H and O–H groups in total. The largest absolute Gasteiger partial charge is 0.493 e. The van der Waals surface area contributed by atoms with Gasteiger partial charge in [-0.2, -0.15) is 13.2 Å². The molecule has 154 valence electrons. The molecular formula is C21H21F3N2O3. The van der Waals surface area contributed by atoms with E-state index in [4.69, 9.17) is 9.47 Å². The van der Waals surface area contributed by atoms with Crippen LogP contribution in [-0.4, -0.2) is 34.5 Å². The number of rotatable bonds is 7. The van der Waals surface area contributed by atoms with E-state index in [2.05, 4.69) is 4.98 Å². The highest BCUT2D eigenvalue weighted by Crippen LogP contribution is 2.32. The summed E-state index contributed by atoms with van der Waals surface area (Å²) in [6.45, 7) is 1.37. The molecule has 0 amide bonds. The van der Waals surface area contributed by atoms with E-state index in [9.17, 15) is 18.3 Å². The summed E-state index contributed by atoms with van der Waals surface area (Å²) in [6, 6.07) is 11.6. The summed E-state index contributed by atoms with van der Waals surface area (Å²) >= 11 is 0. The Kier molecular flexibility index (Phi) is 6.12. The van der Waals surface area contributed by atoms with Crippen LogP contribution >= 0.6 is 0 Å². The minimum absolute atomic E-state index is 0.205. The van der Waals surface area contributed by atoms with Gasteiger partial charge in [-0.15, -0.1) is 0 Å². The van der Waals surface area contributed by atoms with E-state index in [0.717, 1.165) is 10.1 Å². The molecule has 0 saturated carbocycles. The first-order valence-corrected chi connectivity index (χ1v) is 8.97. The second-order valence-corrected chi connectivity index (χ2v) is 6.41. The second kappa shape index (κ2) is 8.57. The highest BCUT2D eigenvalue weighted by Gasteiger charge is 2.38. The first-order valence-electron chi connectivity index (χ1n) is 8.97. The number of allylic oxidation sites excluding steroid dienone is 1. The van der Waals surface area contributed by atoms with Crippen LogP contribution in [0.15, 0.2) is 48.5 Å². The zero-order valence-electron chi connectivity index (χ0n) is 16.0. The fourth-order valence-corrected chi connectivity index (χ4v) is 3.03. The molecule has 1 aromatic heterocycles. The van der Waals surface area contributed by atoms with Crippen molar-refractivity contribution in [2.45, 2.75) is 25.7 Å². The van der Waals surface area contributed by atoms with E-state index in [1.165, 1.54) is 19.2 Å². The Bertz CT molecular complexity index is 1010. The van der Waals surface area contributed by atoms with Gasteiger partial charge in [0.2, 0.25) is 5.82 Å².